The fraction of sp³-hybridized carbons (Fsp3) is 0.231. The number of benzene rings is 1. The van der Waals surface area contributed by atoms with Gasteiger partial charge in [-0.2, -0.15) is 0 Å². The Morgan fingerprint density at radius 2 is 2.06 bits per heavy atom. The van der Waals surface area contributed by atoms with E-state index >= 15 is 0 Å². The molecule has 0 amide bonds. The van der Waals surface area contributed by atoms with Gasteiger partial charge in [-0.25, -0.2) is 0 Å². The van der Waals surface area contributed by atoms with Gasteiger partial charge in [-0.05, 0) is 39.5 Å². The van der Waals surface area contributed by atoms with Crippen LogP contribution in [0.1, 0.15) is 4.88 Å². The molecule has 0 spiro atoms. The summed E-state index contributed by atoms with van der Waals surface area (Å²) in [4.78, 5) is 2.71. The lowest BCUT2D eigenvalue weighted by Gasteiger charge is -2.05. The van der Waals surface area contributed by atoms with E-state index in [1.807, 2.05) is 17.8 Å². The fourth-order valence-corrected chi connectivity index (χ4v) is 3.57. The van der Waals surface area contributed by atoms with Crippen LogP contribution in [0.4, 0.5) is 0 Å². The Kier molecular flexibility index (Phi) is 5.58. The first kappa shape index (κ1) is 13.1. The van der Waals surface area contributed by atoms with Gasteiger partial charge in [0.25, 0.3) is 0 Å². The zero-order valence-corrected chi connectivity index (χ0v) is 12.6. The molecule has 0 aliphatic heterocycles. The van der Waals surface area contributed by atoms with E-state index in [2.05, 4.69) is 57.0 Å². The van der Waals surface area contributed by atoms with Gasteiger partial charge in [0.2, 0.25) is 0 Å². The number of rotatable bonds is 6. The van der Waals surface area contributed by atoms with Crippen LogP contribution in [0.25, 0.3) is 0 Å². The molecule has 0 fully saturated rings. The predicted molar refractivity (Wildman–Crippen MR) is 80.9 cm³/mol. The van der Waals surface area contributed by atoms with Gasteiger partial charge < -0.3 is 5.32 Å². The van der Waals surface area contributed by atoms with Crippen molar-refractivity contribution in [1.82, 2.24) is 5.32 Å². The lowest BCUT2D eigenvalue weighted by Crippen LogP contribution is -2.15. The first-order chi connectivity index (χ1) is 8.36. The molecule has 0 atom stereocenters. The molecule has 1 heterocycles. The molecule has 0 aliphatic carbocycles. The normalized spacial score (nSPS) is 10.6. The monoisotopic (exact) mass is 327 g/mol. The zero-order valence-electron chi connectivity index (χ0n) is 9.36. The summed E-state index contributed by atoms with van der Waals surface area (Å²) >= 11 is 7.24. The first-order valence-electron chi connectivity index (χ1n) is 5.46. The van der Waals surface area contributed by atoms with Crippen LogP contribution in [0, 0.1) is 0 Å². The van der Waals surface area contributed by atoms with E-state index in [1.165, 1.54) is 14.2 Å². The summed E-state index contributed by atoms with van der Waals surface area (Å²) in [6.45, 7) is 2.01. The summed E-state index contributed by atoms with van der Waals surface area (Å²) in [5.74, 6) is 1.09. The van der Waals surface area contributed by atoms with Crippen molar-refractivity contribution < 1.29 is 0 Å². The average Bonchev–Trinajstić information content (AvgIpc) is 2.84. The molecule has 0 unspecified atom stereocenters. The third kappa shape index (κ3) is 4.47. The Morgan fingerprint density at radius 3 is 2.82 bits per heavy atom. The van der Waals surface area contributed by atoms with Crippen LogP contribution in [0.15, 0.2) is 51.1 Å². The molecule has 1 nitrogen and oxygen atoms in total. The Morgan fingerprint density at radius 1 is 1.18 bits per heavy atom. The molecule has 90 valence electrons. The van der Waals surface area contributed by atoms with E-state index in [9.17, 15) is 0 Å². The van der Waals surface area contributed by atoms with E-state index in [0.717, 1.165) is 18.8 Å². The largest absolute Gasteiger partial charge is 0.311 e. The van der Waals surface area contributed by atoms with Gasteiger partial charge in [0.1, 0.15) is 0 Å². The van der Waals surface area contributed by atoms with Gasteiger partial charge in [0, 0.05) is 33.1 Å². The lowest BCUT2D eigenvalue weighted by molar-refractivity contribution is 0.741. The standard InChI is InChI=1S/C13H14BrNS2/c14-12-5-1-2-6-13(12)17-9-7-15-10-11-4-3-8-16-11/h1-6,8,15H,7,9-10H2. The van der Waals surface area contributed by atoms with Crippen LogP contribution in [-0.2, 0) is 6.54 Å². The van der Waals surface area contributed by atoms with Crippen molar-refractivity contribution in [2.45, 2.75) is 11.4 Å². The minimum Gasteiger partial charge on any atom is -0.311 e. The van der Waals surface area contributed by atoms with Gasteiger partial charge in [0.05, 0.1) is 0 Å². The molecule has 0 saturated carbocycles. The lowest BCUT2D eigenvalue weighted by atomic mass is 10.4. The number of halogens is 1. The zero-order chi connectivity index (χ0) is 11.9. The maximum absolute atomic E-state index is 3.56. The molecule has 17 heavy (non-hydrogen) atoms. The van der Waals surface area contributed by atoms with Crippen molar-refractivity contribution in [3.8, 4) is 0 Å². The van der Waals surface area contributed by atoms with Crippen LogP contribution in [0.3, 0.4) is 0 Å². The van der Waals surface area contributed by atoms with Gasteiger partial charge in [-0.1, -0.05) is 18.2 Å². The van der Waals surface area contributed by atoms with Crippen molar-refractivity contribution >= 4 is 39.0 Å². The highest BCUT2D eigenvalue weighted by atomic mass is 79.9. The number of thioether (sulfide) groups is 1. The highest BCUT2D eigenvalue weighted by Gasteiger charge is 1.98. The summed E-state index contributed by atoms with van der Waals surface area (Å²) in [5.41, 5.74) is 0. The van der Waals surface area contributed by atoms with Crippen molar-refractivity contribution in [2.75, 3.05) is 12.3 Å². The van der Waals surface area contributed by atoms with Crippen molar-refractivity contribution in [2.24, 2.45) is 0 Å². The van der Waals surface area contributed by atoms with E-state index in [1.54, 1.807) is 11.3 Å². The van der Waals surface area contributed by atoms with Crippen molar-refractivity contribution in [3.05, 3.63) is 51.1 Å². The second-order valence-electron chi connectivity index (χ2n) is 3.54. The van der Waals surface area contributed by atoms with Gasteiger partial charge in [-0.3, -0.25) is 0 Å². The van der Waals surface area contributed by atoms with Crippen LogP contribution in [0.5, 0.6) is 0 Å². The smallest absolute Gasteiger partial charge is 0.0311 e. The molecule has 1 aromatic carbocycles. The Balaban J connectivity index is 1.65. The third-order valence-corrected chi connectivity index (χ3v) is 5.16. The Hall–Kier alpha value is -0.290. The maximum Gasteiger partial charge on any atom is 0.0311 e. The maximum atomic E-state index is 3.56. The highest BCUT2D eigenvalue weighted by Crippen LogP contribution is 2.26. The summed E-state index contributed by atoms with van der Waals surface area (Å²) in [6, 6.07) is 12.6. The second-order valence-corrected chi connectivity index (χ2v) is 6.56. The molecular weight excluding hydrogens is 314 g/mol. The quantitative estimate of drug-likeness (QED) is 0.623. The topological polar surface area (TPSA) is 12.0 Å². The number of hydrogen-bond donors (Lipinski definition) is 1. The van der Waals surface area contributed by atoms with E-state index in [0.29, 0.717) is 0 Å². The van der Waals surface area contributed by atoms with E-state index < -0.39 is 0 Å². The first-order valence-corrected chi connectivity index (χ1v) is 8.12. The van der Waals surface area contributed by atoms with Crippen LogP contribution in [0.2, 0.25) is 0 Å². The van der Waals surface area contributed by atoms with E-state index in [4.69, 9.17) is 0 Å². The predicted octanol–water partition coefficient (Wildman–Crippen LogP) is 4.39. The van der Waals surface area contributed by atoms with Crippen LogP contribution < -0.4 is 5.32 Å². The minimum absolute atomic E-state index is 0.980. The third-order valence-electron chi connectivity index (χ3n) is 2.25. The SMILES string of the molecule is Brc1ccccc1SCCNCc1cccs1. The molecule has 0 saturated heterocycles. The second kappa shape index (κ2) is 7.21. The Bertz CT molecular complexity index is 442. The highest BCUT2D eigenvalue weighted by molar-refractivity contribution is 9.10. The molecule has 4 heteroatoms. The van der Waals surface area contributed by atoms with Gasteiger partial charge in [-0.15, -0.1) is 23.1 Å². The molecular formula is C13H14BrNS2. The molecule has 2 aromatic rings. The summed E-state index contributed by atoms with van der Waals surface area (Å²) in [5, 5.41) is 5.57. The molecule has 0 aliphatic rings. The summed E-state index contributed by atoms with van der Waals surface area (Å²) in [6.07, 6.45) is 0. The number of nitrogens with one attached hydrogen (secondary N) is 1. The molecule has 0 radical (unpaired) electrons. The Labute approximate surface area is 119 Å². The van der Waals surface area contributed by atoms with Crippen molar-refractivity contribution in [1.29, 1.82) is 0 Å². The number of thiophene rings is 1. The minimum atomic E-state index is 0.980. The van der Waals surface area contributed by atoms with Crippen LogP contribution in [-0.4, -0.2) is 12.3 Å². The fourth-order valence-electron chi connectivity index (χ4n) is 1.42. The molecule has 1 N–H and O–H groups in total. The molecule has 0 bridgehead atoms. The molecule has 1 aromatic heterocycles. The van der Waals surface area contributed by atoms with Gasteiger partial charge >= 0.3 is 0 Å². The van der Waals surface area contributed by atoms with E-state index in [-0.39, 0.29) is 0 Å². The van der Waals surface area contributed by atoms with Crippen LogP contribution >= 0.6 is 39.0 Å². The summed E-state index contributed by atoms with van der Waals surface area (Å²) in [7, 11) is 0. The number of hydrogen-bond acceptors (Lipinski definition) is 3. The summed E-state index contributed by atoms with van der Waals surface area (Å²) < 4.78 is 1.18. The van der Waals surface area contributed by atoms with Crippen molar-refractivity contribution in [3.63, 3.8) is 0 Å². The van der Waals surface area contributed by atoms with Gasteiger partial charge in [0.15, 0.2) is 0 Å². The average molecular weight is 328 g/mol. The molecule has 2 rings (SSSR count).